The van der Waals surface area contributed by atoms with Gasteiger partial charge in [-0.25, -0.2) is 0 Å². The summed E-state index contributed by atoms with van der Waals surface area (Å²) in [5.74, 6) is 0.332. The second-order valence-electron chi connectivity index (χ2n) is 6.00. The van der Waals surface area contributed by atoms with Gasteiger partial charge < -0.3 is 20.3 Å². The van der Waals surface area contributed by atoms with Crippen LogP contribution < -0.4 is 20.3 Å². The molecule has 1 atom stereocenters. The van der Waals surface area contributed by atoms with Crippen molar-refractivity contribution in [1.82, 2.24) is 5.32 Å². The van der Waals surface area contributed by atoms with Crippen molar-refractivity contribution in [2.75, 3.05) is 29.9 Å². The lowest BCUT2D eigenvalue weighted by atomic mass is 10.2. The Hall–Kier alpha value is -2.73. The van der Waals surface area contributed by atoms with Gasteiger partial charge in [0.15, 0.2) is 6.10 Å². The molecule has 26 heavy (non-hydrogen) atoms. The maximum absolute atomic E-state index is 12.3. The molecule has 0 aromatic heterocycles. The molecule has 1 aliphatic rings. The van der Waals surface area contributed by atoms with Gasteiger partial charge in [-0.15, -0.1) is 0 Å². The van der Waals surface area contributed by atoms with Crippen molar-refractivity contribution in [3.8, 4) is 5.75 Å². The lowest BCUT2D eigenvalue weighted by Gasteiger charge is -2.29. The number of ether oxygens (including phenoxy) is 1. The van der Waals surface area contributed by atoms with Crippen LogP contribution in [0.3, 0.4) is 0 Å². The van der Waals surface area contributed by atoms with Gasteiger partial charge in [0.2, 0.25) is 5.91 Å². The number of anilines is 2. The van der Waals surface area contributed by atoms with Crippen molar-refractivity contribution >= 4 is 34.8 Å². The number of amides is 2. The standard InChI is InChI=1S/C19H20ClN3O3/c1-13(26-15-5-3-2-4-6-15)19(25)22-14-7-8-17(16(20)11-14)23-10-9-21-18(24)12-23/h2-8,11,13H,9-10,12H2,1H3,(H,21,24)(H,22,25). The quantitative estimate of drug-likeness (QED) is 0.845. The fraction of sp³-hybridized carbons (Fsp3) is 0.263. The average Bonchev–Trinajstić information content (AvgIpc) is 2.62. The van der Waals surface area contributed by atoms with E-state index in [1.54, 1.807) is 37.3 Å². The van der Waals surface area contributed by atoms with E-state index in [9.17, 15) is 9.59 Å². The molecule has 1 saturated heterocycles. The van der Waals surface area contributed by atoms with Crippen molar-refractivity contribution in [3.63, 3.8) is 0 Å². The first kappa shape index (κ1) is 18.1. The highest BCUT2D eigenvalue weighted by Crippen LogP contribution is 2.29. The van der Waals surface area contributed by atoms with Gasteiger partial charge in [-0.3, -0.25) is 9.59 Å². The Balaban J connectivity index is 1.63. The fourth-order valence-corrected chi connectivity index (χ4v) is 2.99. The molecule has 1 heterocycles. The van der Waals surface area contributed by atoms with E-state index in [0.29, 0.717) is 29.5 Å². The van der Waals surface area contributed by atoms with Crippen LogP contribution in [0.25, 0.3) is 0 Å². The highest BCUT2D eigenvalue weighted by molar-refractivity contribution is 6.33. The lowest BCUT2D eigenvalue weighted by molar-refractivity contribution is -0.122. The van der Waals surface area contributed by atoms with Gasteiger partial charge in [-0.05, 0) is 37.3 Å². The lowest BCUT2D eigenvalue weighted by Crippen LogP contribution is -2.47. The van der Waals surface area contributed by atoms with Gasteiger partial charge in [0.1, 0.15) is 5.75 Å². The van der Waals surface area contributed by atoms with Gasteiger partial charge in [0, 0.05) is 18.8 Å². The van der Waals surface area contributed by atoms with Crippen molar-refractivity contribution in [2.45, 2.75) is 13.0 Å². The van der Waals surface area contributed by atoms with Crippen LogP contribution in [-0.4, -0.2) is 37.6 Å². The maximum Gasteiger partial charge on any atom is 0.265 e. The molecule has 2 N–H and O–H groups in total. The summed E-state index contributed by atoms with van der Waals surface area (Å²) in [6.07, 6.45) is -0.651. The Kier molecular flexibility index (Phi) is 5.63. The molecule has 0 aliphatic carbocycles. The zero-order valence-electron chi connectivity index (χ0n) is 14.4. The number of rotatable bonds is 5. The van der Waals surface area contributed by atoms with Gasteiger partial charge >= 0.3 is 0 Å². The second kappa shape index (κ2) is 8.10. The molecular weight excluding hydrogens is 354 g/mol. The van der Waals surface area contributed by atoms with Crippen LogP contribution in [0.2, 0.25) is 5.02 Å². The summed E-state index contributed by atoms with van der Waals surface area (Å²) in [6.45, 7) is 3.24. The van der Waals surface area contributed by atoms with E-state index < -0.39 is 6.10 Å². The predicted molar refractivity (Wildman–Crippen MR) is 102 cm³/mol. The van der Waals surface area contributed by atoms with E-state index in [4.69, 9.17) is 16.3 Å². The summed E-state index contributed by atoms with van der Waals surface area (Å²) in [7, 11) is 0. The van der Waals surface area contributed by atoms with Crippen LogP contribution in [0, 0.1) is 0 Å². The molecule has 2 amide bonds. The molecule has 1 fully saturated rings. The minimum atomic E-state index is -0.651. The van der Waals surface area contributed by atoms with Crippen molar-refractivity contribution in [1.29, 1.82) is 0 Å². The first-order valence-corrected chi connectivity index (χ1v) is 8.74. The summed E-state index contributed by atoms with van der Waals surface area (Å²) in [5, 5.41) is 6.05. The molecule has 136 valence electrons. The Morgan fingerprint density at radius 3 is 2.73 bits per heavy atom. The molecule has 0 spiro atoms. The number of piperazine rings is 1. The minimum absolute atomic E-state index is 0.0309. The first-order chi connectivity index (χ1) is 12.5. The van der Waals surface area contributed by atoms with E-state index in [-0.39, 0.29) is 18.4 Å². The van der Waals surface area contributed by atoms with Gasteiger partial charge in [-0.2, -0.15) is 0 Å². The van der Waals surface area contributed by atoms with Crippen molar-refractivity contribution in [2.24, 2.45) is 0 Å². The smallest absolute Gasteiger partial charge is 0.265 e. The summed E-state index contributed by atoms with van der Waals surface area (Å²) in [5.41, 5.74) is 1.35. The Labute approximate surface area is 157 Å². The molecule has 0 saturated carbocycles. The second-order valence-corrected chi connectivity index (χ2v) is 6.41. The summed E-state index contributed by atoms with van der Waals surface area (Å²) >= 11 is 6.35. The highest BCUT2D eigenvalue weighted by Gasteiger charge is 2.20. The molecule has 1 unspecified atom stereocenters. The molecule has 6 nitrogen and oxygen atoms in total. The van der Waals surface area contributed by atoms with Gasteiger partial charge in [0.25, 0.3) is 5.91 Å². The number of para-hydroxylation sites is 1. The van der Waals surface area contributed by atoms with Crippen LogP contribution in [0.1, 0.15) is 6.92 Å². The topological polar surface area (TPSA) is 70.7 Å². The third-order valence-corrected chi connectivity index (χ3v) is 4.32. The number of carbonyl (C=O) groups is 2. The molecule has 7 heteroatoms. The van der Waals surface area contributed by atoms with E-state index in [1.807, 2.05) is 23.1 Å². The number of hydrogen-bond acceptors (Lipinski definition) is 4. The van der Waals surface area contributed by atoms with E-state index in [1.165, 1.54) is 0 Å². The summed E-state index contributed by atoms with van der Waals surface area (Å²) in [6, 6.07) is 14.4. The van der Waals surface area contributed by atoms with Gasteiger partial charge in [-0.1, -0.05) is 29.8 Å². The monoisotopic (exact) mass is 373 g/mol. The van der Waals surface area contributed by atoms with Crippen molar-refractivity contribution in [3.05, 3.63) is 53.6 Å². The third kappa shape index (κ3) is 4.46. The van der Waals surface area contributed by atoms with Crippen LogP contribution in [0.5, 0.6) is 5.75 Å². The Morgan fingerprint density at radius 2 is 2.04 bits per heavy atom. The number of nitrogens with one attached hydrogen (secondary N) is 2. The highest BCUT2D eigenvalue weighted by atomic mass is 35.5. The SMILES string of the molecule is CC(Oc1ccccc1)C(=O)Nc1ccc(N2CCNC(=O)C2)c(Cl)c1. The molecule has 2 aromatic carbocycles. The molecule has 3 rings (SSSR count). The van der Waals surface area contributed by atoms with Gasteiger partial charge in [0.05, 0.1) is 17.3 Å². The average molecular weight is 374 g/mol. The van der Waals surface area contributed by atoms with Crippen LogP contribution in [0.4, 0.5) is 11.4 Å². The summed E-state index contributed by atoms with van der Waals surface area (Å²) < 4.78 is 5.61. The van der Waals surface area contributed by atoms with Crippen LogP contribution in [0.15, 0.2) is 48.5 Å². The normalized spacial score (nSPS) is 15.2. The van der Waals surface area contributed by atoms with E-state index >= 15 is 0 Å². The Morgan fingerprint density at radius 1 is 1.27 bits per heavy atom. The number of nitrogens with zero attached hydrogens (tertiary/aromatic N) is 1. The largest absolute Gasteiger partial charge is 0.481 e. The van der Waals surface area contributed by atoms with Crippen LogP contribution >= 0.6 is 11.6 Å². The molecular formula is C19H20ClN3O3. The van der Waals surface area contributed by atoms with E-state index in [0.717, 1.165) is 5.69 Å². The number of halogens is 1. The number of carbonyl (C=O) groups excluding carboxylic acids is 2. The molecule has 2 aromatic rings. The minimum Gasteiger partial charge on any atom is -0.481 e. The number of hydrogen-bond donors (Lipinski definition) is 2. The fourth-order valence-electron chi connectivity index (χ4n) is 2.69. The van der Waals surface area contributed by atoms with Crippen LogP contribution in [-0.2, 0) is 9.59 Å². The van der Waals surface area contributed by atoms with Crippen molar-refractivity contribution < 1.29 is 14.3 Å². The predicted octanol–water partition coefficient (Wildman–Crippen LogP) is 2.68. The zero-order chi connectivity index (χ0) is 18.5. The molecule has 0 bridgehead atoms. The first-order valence-electron chi connectivity index (χ1n) is 8.36. The Bertz CT molecular complexity index is 798. The summed E-state index contributed by atoms with van der Waals surface area (Å²) in [4.78, 5) is 25.8. The maximum atomic E-state index is 12.3. The molecule has 1 aliphatic heterocycles. The van der Waals surface area contributed by atoms with E-state index in [2.05, 4.69) is 10.6 Å². The number of benzene rings is 2. The third-order valence-electron chi connectivity index (χ3n) is 4.02. The zero-order valence-corrected chi connectivity index (χ0v) is 15.1. The molecule has 0 radical (unpaired) electrons.